The molecule has 1 aliphatic rings. The standard InChI is InChI=1S/C14H16N2O/c1-16-8-4-7-13(16)14(17)11-9-15-12-6-3-2-5-10(11)12/h2-3,5-6,9,13,15H,4,7-8H2,1H3/t13-/m0/s1. The van der Waals surface area contributed by atoms with Crippen LogP contribution in [0.5, 0.6) is 0 Å². The number of aromatic nitrogens is 1. The summed E-state index contributed by atoms with van der Waals surface area (Å²) in [6, 6.07) is 8.03. The molecule has 2 aromatic rings. The van der Waals surface area contributed by atoms with Crippen LogP contribution in [0, 0.1) is 0 Å². The van der Waals surface area contributed by atoms with E-state index in [4.69, 9.17) is 0 Å². The first kappa shape index (κ1) is 10.5. The van der Waals surface area contributed by atoms with E-state index in [2.05, 4.69) is 9.88 Å². The van der Waals surface area contributed by atoms with Crippen LogP contribution >= 0.6 is 0 Å². The van der Waals surface area contributed by atoms with Gasteiger partial charge in [-0.3, -0.25) is 9.69 Å². The summed E-state index contributed by atoms with van der Waals surface area (Å²) in [5.41, 5.74) is 1.87. The van der Waals surface area contributed by atoms with E-state index in [1.165, 1.54) is 0 Å². The van der Waals surface area contributed by atoms with E-state index in [1.807, 2.05) is 37.5 Å². The van der Waals surface area contributed by atoms with Crippen molar-refractivity contribution in [2.45, 2.75) is 18.9 Å². The minimum Gasteiger partial charge on any atom is -0.360 e. The maximum atomic E-state index is 12.5. The number of rotatable bonds is 2. The van der Waals surface area contributed by atoms with E-state index in [0.717, 1.165) is 35.9 Å². The van der Waals surface area contributed by atoms with Crippen LogP contribution in [0.3, 0.4) is 0 Å². The second kappa shape index (κ2) is 4.00. The van der Waals surface area contributed by atoms with Crippen LogP contribution in [-0.2, 0) is 0 Å². The first-order valence-electron chi connectivity index (χ1n) is 6.08. The Bertz CT molecular complexity index is 558. The van der Waals surface area contributed by atoms with Crippen molar-refractivity contribution in [2.75, 3.05) is 13.6 Å². The number of para-hydroxylation sites is 1. The Morgan fingerprint density at radius 2 is 2.24 bits per heavy atom. The van der Waals surface area contributed by atoms with Gasteiger partial charge in [-0.25, -0.2) is 0 Å². The lowest BCUT2D eigenvalue weighted by Crippen LogP contribution is -2.32. The van der Waals surface area contributed by atoms with Gasteiger partial charge in [-0.1, -0.05) is 18.2 Å². The lowest BCUT2D eigenvalue weighted by Gasteiger charge is -2.17. The van der Waals surface area contributed by atoms with Crippen LogP contribution < -0.4 is 0 Å². The van der Waals surface area contributed by atoms with Crippen molar-refractivity contribution in [2.24, 2.45) is 0 Å². The summed E-state index contributed by atoms with van der Waals surface area (Å²) in [4.78, 5) is 17.8. The Balaban J connectivity index is 2.01. The van der Waals surface area contributed by atoms with Gasteiger partial charge in [0.25, 0.3) is 0 Å². The van der Waals surface area contributed by atoms with Crippen LogP contribution in [0.4, 0.5) is 0 Å². The molecule has 3 rings (SSSR count). The summed E-state index contributed by atoms with van der Waals surface area (Å²) in [5.74, 6) is 0.252. The zero-order chi connectivity index (χ0) is 11.8. The molecule has 3 nitrogen and oxygen atoms in total. The number of aromatic amines is 1. The topological polar surface area (TPSA) is 36.1 Å². The number of likely N-dealkylation sites (N-methyl/N-ethyl adjacent to an activating group) is 1. The first-order chi connectivity index (χ1) is 8.27. The highest BCUT2D eigenvalue weighted by atomic mass is 16.1. The number of H-pyrrole nitrogens is 1. The quantitative estimate of drug-likeness (QED) is 0.801. The molecular formula is C14H16N2O. The number of ketones is 1. The van der Waals surface area contributed by atoms with Crippen LogP contribution in [0.15, 0.2) is 30.5 Å². The molecular weight excluding hydrogens is 212 g/mol. The Kier molecular flexibility index (Phi) is 2.48. The van der Waals surface area contributed by atoms with Crippen molar-refractivity contribution < 1.29 is 4.79 Å². The number of likely N-dealkylation sites (tertiary alicyclic amines) is 1. The molecule has 1 aromatic carbocycles. The second-order valence-corrected chi connectivity index (χ2v) is 4.75. The maximum Gasteiger partial charge on any atom is 0.182 e. The second-order valence-electron chi connectivity index (χ2n) is 4.75. The number of hydrogen-bond donors (Lipinski definition) is 1. The van der Waals surface area contributed by atoms with Crippen molar-refractivity contribution in [3.8, 4) is 0 Å². The Labute approximate surface area is 100 Å². The fraction of sp³-hybridized carbons (Fsp3) is 0.357. The molecule has 17 heavy (non-hydrogen) atoms. The van der Waals surface area contributed by atoms with Gasteiger partial charge >= 0.3 is 0 Å². The van der Waals surface area contributed by atoms with Crippen molar-refractivity contribution >= 4 is 16.7 Å². The molecule has 0 unspecified atom stereocenters. The molecule has 2 heterocycles. The van der Waals surface area contributed by atoms with Crippen LogP contribution in [0.1, 0.15) is 23.2 Å². The number of Topliss-reactive ketones (excluding diaryl/α,β-unsaturated/α-hetero) is 1. The number of nitrogens with one attached hydrogen (secondary N) is 1. The minimum atomic E-state index is 0.0641. The van der Waals surface area contributed by atoms with Gasteiger partial charge in [-0.2, -0.15) is 0 Å². The molecule has 0 amide bonds. The molecule has 1 fully saturated rings. The summed E-state index contributed by atoms with van der Waals surface area (Å²) in [6.07, 6.45) is 3.95. The highest BCUT2D eigenvalue weighted by molar-refractivity contribution is 6.10. The van der Waals surface area contributed by atoms with Crippen molar-refractivity contribution in [1.29, 1.82) is 0 Å². The van der Waals surface area contributed by atoms with Crippen LogP contribution in [0.25, 0.3) is 10.9 Å². The Morgan fingerprint density at radius 3 is 3.00 bits per heavy atom. The summed E-state index contributed by atoms with van der Waals surface area (Å²) >= 11 is 0. The Hall–Kier alpha value is -1.61. The molecule has 0 spiro atoms. The van der Waals surface area contributed by atoms with E-state index >= 15 is 0 Å². The highest BCUT2D eigenvalue weighted by Gasteiger charge is 2.29. The van der Waals surface area contributed by atoms with E-state index in [1.54, 1.807) is 0 Å². The third kappa shape index (κ3) is 1.67. The summed E-state index contributed by atoms with van der Waals surface area (Å²) < 4.78 is 0. The van der Waals surface area contributed by atoms with Crippen molar-refractivity contribution in [3.05, 3.63) is 36.0 Å². The first-order valence-corrected chi connectivity index (χ1v) is 6.08. The van der Waals surface area contributed by atoms with Crippen LogP contribution in [-0.4, -0.2) is 35.3 Å². The fourth-order valence-electron chi connectivity index (χ4n) is 2.70. The predicted octanol–water partition coefficient (Wildman–Crippen LogP) is 2.44. The van der Waals surface area contributed by atoms with E-state index in [-0.39, 0.29) is 11.8 Å². The SMILES string of the molecule is CN1CCC[C@H]1C(=O)c1c[nH]c2ccccc12. The molecule has 0 bridgehead atoms. The summed E-state index contributed by atoms with van der Waals surface area (Å²) in [6.45, 7) is 1.03. The fourth-order valence-corrected chi connectivity index (χ4v) is 2.70. The van der Waals surface area contributed by atoms with E-state index in [0.29, 0.717) is 0 Å². The lowest BCUT2D eigenvalue weighted by molar-refractivity contribution is 0.0892. The zero-order valence-electron chi connectivity index (χ0n) is 9.94. The van der Waals surface area contributed by atoms with Gasteiger partial charge in [0, 0.05) is 22.7 Å². The molecule has 1 aromatic heterocycles. The number of benzene rings is 1. The van der Waals surface area contributed by atoms with E-state index in [9.17, 15) is 4.79 Å². The van der Waals surface area contributed by atoms with Gasteiger partial charge in [-0.15, -0.1) is 0 Å². The van der Waals surface area contributed by atoms with Crippen LogP contribution in [0.2, 0.25) is 0 Å². The third-order valence-corrected chi connectivity index (χ3v) is 3.68. The van der Waals surface area contributed by atoms with Crippen molar-refractivity contribution in [3.63, 3.8) is 0 Å². The van der Waals surface area contributed by atoms with Crippen molar-refractivity contribution in [1.82, 2.24) is 9.88 Å². The predicted molar refractivity (Wildman–Crippen MR) is 68.3 cm³/mol. The number of hydrogen-bond acceptors (Lipinski definition) is 2. The molecule has 1 saturated heterocycles. The van der Waals surface area contributed by atoms with Gasteiger partial charge in [0.05, 0.1) is 6.04 Å². The molecule has 0 radical (unpaired) electrons. The molecule has 0 saturated carbocycles. The summed E-state index contributed by atoms with van der Waals surface area (Å²) in [5, 5.41) is 1.04. The molecule has 1 aliphatic heterocycles. The lowest BCUT2D eigenvalue weighted by atomic mass is 10.0. The number of carbonyl (C=O) groups is 1. The van der Waals surface area contributed by atoms with Gasteiger partial charge in [0.1, 0.15) is 0 Å². The van der Waals surface area contributed by atoms with Gasteiger partial charge in [-0.05, 0) is 32.5 Å². The monoisotopic (exact) mass is 228 g/mol. The average molecular weight is 228 g/mol. The number of nitrogens with zero attached hydrogens (tertiary/aromatic N) is 1. The number of fused-ring (bicyclic) bond motifs is 1. The van der Waals surface area contributed by atoms with Gasteiger partial charge < -0.3 is 4.98 Å². The largest absolute Gasteiger partial charge is 0.360 e. The minimum absolute atomic E-state index is 0.0641. The van der Waals surface area contributed by atoms with Gasteiger partial charge in [0.2, 0.25) is 0 Å². The molecule has 88 valence electrons. The molecule has 1 N–H and O–H groups in total. The average Bonchev–Trinajstić information content (AvgIpc) is 2.94. The maximum absolute atomic E-state index is 12.5. The van der Waals surface area contributed by atoms with Gasteiger partial charge in [0.15, 0.2) is 5.78 Å². The van der Waals surface area contributed by atoms with E-state index < -0.39 is 0 Å². The zero-order valence-corrected chi connectivity index (χ0v) is 9.94. The normalized spacial score (nSPS) is 21.1. The molecule has 0 aliphatic carbocycles. The third-order valence-electron chi connectivity index (χ3n) is 3.68. The smallest absolute Gasteiger partial charge is 0.182 e. The highest BCUT2D eigenvalue weighted by Crippen LogP contribution is 2.24. The Morgan fingerprint density at radius 1 is 1.41 bits per heavy atom. The summed E-state index contributed by atoms with van der Waals surface area (Å²) in [7, 11) is 2.03. The molecule has 1 atom stereocenters. The number of carbonyl (C=O) groups excluding carboxylic acids is 1. The molecule has 3 heteroatoms.